The quantitative estimate of drug-likeness (QED) is 0.807. The first-order valence-corrected chi connectivity index (χ1v) is 7.31. The van der Waals surface area contributed by atoms with Gasteiger partial charge >= 0.3 is 0 Å². The second kappa shape index (κ2) is 6.10. The lowest BCUT2D eigenvalue weighted by Gasteiger charge is -2.22. The maximum atomic E-state index is 8.66. The Morgan fingerprint density at radius 1 is 1.21 bits per heavy atom. The lowest BCUT2D eigenvalue weighted by molar-refractivity contribution is 0.313. The van der Waals surface area contributed by atoms with E-state index in [1.165, 1.54) is 37.8 Å². The molecule has 102 valence electrons. The molecule has 0 spiro atoms. The molecule has 0 aromatic heterocycles. The predicted octanol–water partition coefficient (Wildman–Crippen LogP) is 4.52. The van der Waals surface area contributed by atoms with Crippen LogP contribution in [0.4, 0.5) is 5.69 Å². The molecule has 0 bridgehead atoms. The molecule has 2 rings (SSSR count). The molecule has 1 atom stereocenters. The molecule has 1 aromatic rings. The Bertz CT molecular complexity index is 439. The van der Waals surface area contributed by atoms with Gasteiger partial charge in [-0.25, -0.2) is 0 Å². The van der Waals surface area contributed by atoms with Gasteiger partial charge in [0.2, 0.25) is 0 Å². The van der Waals surface area contributed by atoms with Crippen molar-refractivity contribution in [3.63, 3.8) is 0 Å². The minimum Gasteiger partial charge on any atom is -0.382 e. The van der Waals surface area contributed by atoms with Crippen LogP contribution in [0.2, 0.25) is 0 Å². The van der Waals surface area contributed by atoms with Crippen LogP contribution in [0.15, 0.2) is 24.3 Å². The van der Waals surface area contributed by atoms with E-state index >= 15 is 0 Å². The number of hydrogen-bond acceptors (Lipinski definition) is 2. The molecule has 1 saturated carbocycles. The van der Waals surface area contributed by atoms with Crippen molar-refractivity contribution >= 4 is 5.69 Å². The van der Waals surface area contributed by atoms with E-state index in [1.54, 1.807) is 0 Å². The van der Waals surface area contributed by atoms with Crippen LogP contribution in [0.25, 0.3) is 0 Å². The fourth-order valence-electron chi connectivity index (χ4n) is 2.85. The standard InChI is InChI=1S/C17H24N2/c1-17(2)11-3-4-15(9-12-17)19-16-7-5-14(6-8-16)10-13-18/h5-8,15,19H,3-4,9-12H2,1-2H3. The van der Waals surface area contributed by atoms with Crippen LogP contribution in [-0.2, 0) is 6.42 Å². The first kappa shape index (κ1) is 13.9. The summed E-state index contributed by atoms with van der Waals surface area (Å²) in [5.74, 6) is 0. The van der Waals surface area contributed by atoms with Gasteiger partial charge in [-0.1, -0.05) is 32.4 Å². The summed E-state index contributed by atoms with van der Waals surface area (Å²) in [5.41, 5.74) is 2.79. The maximum Gasteiger partial charge on any atom is 0.0669 e. The number of nitrogens with zero attached hydrogens (tertiary/aromatic N) is 1. The summed E-state index contributed by atoms with van der Waals surface area (Å²) < 4.78 is 0. The van der Waals surface area contributed by atoms with E-state index in [1.807, 2.05) is 12.1 Å². The highest BCUT2D eigenvalue weighted by Crippen LogP contribution is 2.34. The number of anilines is 1. The Kier molecular flexibility index (Phi) is 4.47. The number of hydrogen-bond donors (Lipinski definition) is 1. The number of rotatable bonds is 3. The van der Waals surface area contributed by atoms with Gasteiger partial charge in [-0.2, -0.15) is 5.26 Å². The molecule has 1 fully saturated rings. The smallest absolute Gasteiger partial charge is 0.0669 e. The van der Waals surface area contributed by atoms with E-state index < -0.39 is 0 Å². The van der Waals surface area contributed by atoms with Crippen molar-refractivity contribution in [2.75, 3.05) is 5.32 Å². The van der Waals surface area contributed by atoms with E-state index in [2.05, 4.69) is 37.4 Å². The summed E-state index contributed by atoms with van der Waals surface area (Å²) in [4.78, 5) is 0. The second-order valence-corrected chi connectivity index (χ2v) is 6.47. The predicted molar refractivity (Wildman–Crippen MR) is 80.0 cm³/mol. The van der Waals surface area contributed by atoms with Crippen LogP contribution in [0.1, 0.15) is 51.5 Å². The molecule has 1 unspecified atom stereocenters. The highest BCUT2D eigenvalue weighted by Gasteiger charge is 2.24. The number of nitriles is 1. The normalized spacial score (nSPS) is 22.3. The Morgan fingerprint density at radius 3 is 2.63 bits per heavy atom. The molecule has 1 aliphatic carbocycles. The van der Waals surface area contributed by atoms with Crippen LogP contribution >= 0.6 is 0 Å². The maximum absolute atomic E-state index is 8.66. The van der Waals surface area contributed by atoms with Gasteiger partial charge in [-0.15, -0.1) is 0 Å². The summed E-state index contributed by atoms with van der Waals surface area (Å²) in [6.07, 6.45) is 6.98. The average molecular weight is 256 g/mol. The van der Waals surface area contributed by atoms with E-state index in [4.69, 9.17) is 5.26 Å². The zero-order valence-electron chi connectivity index (χ0n) is 12.1. The highest BCUT2D eigenvalue weighted by atomic mass is 14.9. The third-order valence-corrected chi connectivity index (χ3v) is 4.18. The Hall–Kier alpha value is -1.49. The SMILES string of the molecule is CC1(C)CCCC(Nc2ccc(CC#N)cc2)CC1. The number of nitrogens with one attached hydrogen (secondary N) is 1. The molecule has 1 aliphatic rings. The van der Waals surface area contributed by atoms with E-state index in [9.17, 15) is 0 Å². The average Bonchev–Trinajstić information content (AvgIpc) is 2.54. The number of benzene rings is 1. The molecular formula is C17H24N2. The van der Waals surface area contributed by atoms with Crippen molar-refractivity contribution in [3.05, 3.63) is 29.8 Å². The van der Waals surface area contributed by atoms with Gasteiger partial charge < -0.3 is 5.32 Å². The zero-order chi connectivity index (χ0) is 13.7. The van der Waals surface area contributed by atoms with Crippen LogP contribution in [0.3, 0.4) is 0 Å². The van der Waals surface area contributed by atoms with Crippen molar-refractivity contribution in [2.24, 2.45) is 5.41 Å². The summed E-state index contributed by atoms with van der Waals surface area (Å²) in [6.45, 7) is 4.76. The van der Waals surface area contributed by atoms with Crippen molar-refractivity contribution < 1.29 is 0 Å². The van der Waals surface area contributed by atoms with Gasteiger partial charge in [-0.3, -0.25) is 0 Å². The van der Waals surface area contributed by atoms with Gasteiger partial charge in [0.25, 0.3) is 0 Å². The van der Waals surface area contributed by atoms with E-state index in [0.717, 1.165) is 5.56 Å². The lowest BCUT2D eigenvalue weighted by atomic mass is 9.85. The molecule has 0 saturated heterocycles. The molecule has 0 amide bonds. The van der Waals surface area contributed by atoms with E-state index in [-0.39, 0.29) is 0 Å². The molecule has 19 heavy (non-hydrogen) atoms. The largest absolute Gasteiger partial charge is 0.382 e. The highest BCUT2D eigenvalue weighted by molar-refractivity contribution is 5.45. The van der Waals surface area contributed by atoms with E-state index in [0.29, 0.717) is 17.9 Å². The van der Waals surface area contributed by atoms with Crippen molar-refractivity contribution in [1.82, 2.24) is 0 Å². The van der Waals surface area contributed by atoms with Gasteiger partial charge in [0, 0.05) is 11.7 Å². The summed E-state index contributed by atoms with van der Waals surface area (Å²) >= 11 is 0. The van der Waals surface area contributed by atoms with Gasteiger partial charge in [0.15, 0.2) is 0 Å². The van der Waals surface area contributed by atoms with Crippen LogP contribution in [0, 0.1) is 16.7 Å². The van der Waals surface area contributed by atoms with Gasteiger partial charge in [-0.05, 0) is 48.8 Å². The first-order chi connectivity index (χ1) is 9.09. The van der Waals surface area contributed by atoms with Gasteiger partial charge in [0.05, 0.1) is 12.5 Å². The molecule has 0 radical (unpaired) electrons. The molecule has 1 N–H and O–H groups in total. The van der Waals surface area contributed by atoms with Crippen LogP contribution in [0.5, 0.6) is 0 Å². The molecular weight excluding hydrogens is 232 g/mol. The second-order valence-electron chi connectivity index (χ2n) is 6.47. The summed E-state index contributed by atoms with van der Waals surface area (Å²) in [7, 11) is 0. The molecule has 1 aromatic carbocycles. The Labute approximate surface area is 116 Å². The molecule has 0 heterocycles. The van der Waals surface area contributed by atoms with Gasteiger partial charge in [0.1, 0.15) is 0 Å². The molecule has 2 nitrogen and oxygen atoms in total. The van der Waals surface area contributed by atoms with Crippen LogP contribution in [-0.4, -0.2) is 6.04 Å². The third kappa shape index (κ3) is 4.28. The summed E-state index contributed by atoms with van der Waals surface area (Å²) in [5, 5.41) is 12.3. The molecule has 2 heteroatoms. The molecule has 0 aliphatic heterocycles. The lowest BCUT2D eigenvalue weighted by Crippen LogP contribution is -2.19. The Balaban J connectivity index is 1.92. The minimum absolute atomic E-state index is 0.498. The fraction of sp³-hybridized carbons (Fsp3) is 0.588. The minimum atomic E-state index is 0.498. The van der Waals surface area contributed by atoms with Crippen LogP contribution < -0.4 is 5.32 Å². The fourth-order valence-corrected chi connectivity index (χ4v) is 2.85. The van der Waals surface area contributed by atoms with Crippen molar-refractivity contribution in [2.45, 2.75) is 58.4 Å². The summed E-state index contributed by atoms with van der Waals surface area (Å²) in [6, 6.07) is 11.1. The van der Waals surface area contributed by atoms with Crippen molar-refractivity contribution in [1.29, 1.82) is 5.26 Å². The monoisotopic (exact) mass is 256 g/mol. The zero-order valence-corrected chi connectivity index (χ0v) is 12.1. The third-order valence-electron chi connectivity index (χ3n) is 4.18. The Morgan fingerprint density at radius 2 is 1.95 bits per heavy atom. The topological polar surface area (TPSA) is 35.8 Å². The van der Waals surface area contributed by atoms with Crippen molar-refractivity contribution in [3.8, 4) is 6.07 Å². The first-order valence-electron chi connectivity index (χ1n) is 7.31.